The highest BCUT2D eigenvalue weighted by Crippen LogP contribution is 2.14. The molecule has 0 radical (unpaired) electrons. The maximum atomic E-state index is 13.5. The number of urea groups is 1. The second-order valence-corrected chi connectivity index (χ2v) is 6.82. The van der Waals surface area contributed by atoms with E-state index in [1.54, 1.807) is 18.1 Å². The van der Waals surface area contributed by atoms with Crippen LogP contribution in [0, 0.1) is 5.82 Å². The van der Waals surface area contributed by atoms with Crippen LogP contribution >= 0.6 is 0 Å². The van der Waals surface area contributed by atoms with Gasteiger partial charge in [-0.2, -0.15) is 0 Å². The molecule has 152 valence electrons. The Bertz CT molecular complexity index is 911. The van der Waals surface area contributed by atoms with Gasteiger partial charge in [0.2, 0.25) is 0 Å². The van der Waals surface area contributed by atoms with Crippen LogP contribution in [-0.4, -0.2) is 35.8 Å². The summed E-state index contributed by atoms with van der Waals surface area (Å²) in [7, 11) is 1.65. The van der Waals surface area contributed by atoms with Crippen LogP contribution in [0.5, 0.6) is 0 Å². The van der Waals surface area contributed by atoms with Crippen molar-refractivity contribution in [2.75, 3.05) is 25.6 Å². The highest BCUT2D eigenvalue weighted by molar-refractivity contribution is 5.89. The molecule has 0 aliphatic carbocycles. The number of hydrogen-bond donors (Lipinski definition) is 1. The molecular formula is C23H26FN3O2. The number of nitrogens with one attached hydrogen (secondary N) is 1. The summed E-state index contributed by atoms with van der Waals surface area (Å²) in [5, 5.41) is 2.95. The maximum absolute atomic E-state index is 13.5. The van der Waals surface area contributed by atoms with Crippen LogP contribution in [0.1, 0.15) is 17.7 Å². The van der Waals surface area contributed by atoms with Gasteiger partial charge in [0, 0.05) is 44.4 Å². The van der Waals surface area contributed by atoms with E-state index in [0.29, 0.717) is 26.2 Å². The number of benzene rings is 2. The van der Waals surface area contributed by atoms with Crippen molar-refractivity contribution in [3.63, 3.8) is 0 Å². The molecule has 1 heterocycles. The van der Waals surface area contributed by atoms with Crippen molar-refractivity contribution in [3.8, 4) is 0 Å². The lowest BCUT2D eigenvalue weighted by molar-refractivity contribution is 0.171. The predicted molar refractivity (Wildman–Crippen MR) is 112 cm³/mol. The topological polar surface area (TPSA) is 46.5 Å². The number of hydrogen-bond acceptors (Lipinski definition) is 2. The van der Waals surface area contributed by atoms with Crippen molar-refractivity contribution >= 4 is 11.7 Å². The molecule has 29 heavy (non-hydrogen) atoms. The number of amides is 2. The van der Waals surface area contributed by atoms with Gasteiger partial charge in [0.25, 0.3) is 0 Å². The van der Waals surface area contributed by atoms with Gasteiger partial charge >= 0.3 is 6.03 Å². The largest absolute Gasteiger partial charge is 0.385 e. The first-order valence-electron chi connectivity index (χ1n) is 9.64. The molecule has 1 aromatic heterocycles. The Hall–Kier alpha value is -3.12. The molecule has 2 aromatic carbocycles. The van der Waals surface area contributed by atoms with E-state index in [0.717, 1.165) is 23.4 Å². The SMILES string of the molecule is COCCCN(Cc1cccn1Cc1cccc(F)c1)C(=O)Nc1ccccc1. The van der Waals surface area contributed by atoms with Gasteiger partial charge < -0.3 is 19.5 Å². The van der Waals surface area contributed by atoms with Gasteiger partial charge in [-0.1, -0.05) is 30.3 Å². The lowest BCUT2D eigenvalue weighted by atomic mass is 10.2. The van der Waals surface area contributed by atoms with Crippen molar-refractivity contribution in [1.82, 2.24) is 9.47 Å². The molecule has 6 heteroatoms. The molecule has 0 saturated carbocycles. The predicted octanol–water partition coefficient (Wildman–Crippen LogP) is 4.75. The summed E-state index contributed by atoms with van der Waals surface area (Å²) in [6, 6.07) is 19.7. The van der Waals surface area contributed by atoms with Crippen LogP contribution in [0.3, 0.4) is 0 Å². The number of para-hydroxylation sites is 1. The minimum atomic E-state index is -0.250. The number of aromatic nitrogens is 1. The molecule has 0 fully saturated rings. The Morgan fingerprint density at radius 3 is 2.69 bits per heavy atom. The van der Waals surface area contributed by atoms with E-state index in [4.69, 9.17) is 4.74 Å². The first kappa shape index (κ1) is 20.6. The molecular weight excluding hydrogens is 369 g/mol. The van der Waals surface area contributed by atoms with Crippen LogP contribution in [0.2, 0.25) is 0 Å². The van der Waals surface area contributed by atoms with Crippen LogP contribution in [0.25, 0.3) is 0 Å². The van der Waals surface area contributed by atoms with Crippen molar-refractivity contribution in [3.05, 3.63) is 90.0 Å². The first-order valence-corrected chi connectivity index (χ1v) is 9.64. The molecule has 0 aliphatic heterocycles. The fourth-order valence-corrected chi connectivity index (χ4v) is 3.15. The van der Waals surface area contributed by atoms with E-state index in [1.807, 2.05) is 59.3 Å². The Kier molecular flexibility index (Phi) is 7.41. The third-order valence-electron chi connectivity index (χ3n) is 4.61. The van der Waals surface area contributed by atoms with Crippen LogP contribution in [0.4, 0.5) is 14.9 Å². The average Bonchev–Trinajstić information content (AvgIpc) is 3.14. The number of carbonyl (C=O) groups excluding carboxylic acids is 1. The lowest BCUT2D eigenvalue weighted by Gasteiger charge is -2.24. The van der Waals surface area contributed by atoms with Gasteiger partial charge in [-0.05, 0) is 48.4 Å². The Morgan fingerprint density at radius 2 is 1.93 bits per heavy atom. The minimum Gasteiger partial charge on any atom is -0.385 e. The molecule has 3 rings (SSSR count). The number of methoxy groups -OCH3 is 1. The number of ether oxygens (including phenoxy) is 1. The Morgan fingerprint density at radius 1 is 1.10 bits per heavy atom. The molecule has 2 amide bonds. The second-order valence-electron chi connectivity index (χ2n) is 6.82. The summed E-state index contributed by atoms with van der Waals surface area (Å²) in [6.45, 7) is 2.15. The van der Waals surface area contributed by atoms with E-state index < -0.39 is 0 Å². The number of nitrogens with zero attached hydrogens (tertiary/aromatic N) is 2. The highest BCUT2D eigenvalue weighted by Gasteiger charge is 2.16. The van der Waals surface area contributed by atoms with Gasteiger partial charge in [-0.3, -0.25) is 0 Å². The number of carbonyl (C=O) groups is 1. The summed E-state index contributed by atoms with van der Waals surface area (Å²) in [5.41, 5.74) is 2.61. The van der Waals surface area contributed by atoms with Crippen LogP contribution in [0.15, 0.2) is 72.9 Å². The Balaban J connectivity index is 1.72. The van der Waals surface area contributed by atoms with Crippen molar-refractivity contribution < 1.29 is 13.9 Å². The van der Waals surface area contributed by atoms with E-state index in [9.17, 15) is 9.18 Å². The zero-order chi connectivity index (χ0) is 20.5. The average molecular weight is 395 g/mol. The third-order valence-corrected chi connectivity index (χ3v) is 4.61. The maximum Gasteiger partial charge on any atom is 0.322 e. The molecule has 0 bridgehead atoms. The van der Waals surface area contributed by atoms with E-state index in [2.05, 4.69) is 5.32 Å². The van der Waals surface area contributed by atoms with E-state index in [-0.39, 0.29) is 11.8 Å². The third kappa shape index (κ3) is 6.19. The quantitative estimate of drug-likeness (QED) is 0.532. The van der Waals surface area contributed by atoms with Crippen molar-refractivity contribution in [1.29, 1.82) is 0 Å². The first-order chi connectivity index (χ1) is 14.2. The molecule has 0 aliphatic rings. The number of anilines is 1. The monoisotopic (exact) mass is 395 g/mol. The number of rotatable bonds is 9. The van der Waals surface area contributed by atoms with Crippen molar-refractivity contribution in [2.45, 2.75) is 19.5 Å². The molecule has 0 saturated heterocycles. The normalized spacial score (nSPS) is 10.7. The van der Waals surface area contributed by atoms with Gasteiger partial charge in [-0.15, -0.1) is 0 Å². The van der Waals surface area contributed by atoms with E-state index >= 15 is 0 Å². The minimum absolute atomic E-state index is 0.161. The summed E-state index contributed by atoms with van der Waals surface area (Å²) in [5.74, 6) is -0.250. The molecule has 0 spiro atoms. The Labute approximate surface area is 170 Å². The smallest absolute Gasteiger partial charge is 0.322 e. The molecule has 5 nitrogen and oxygen atoms in total. The fourth-order valence-electron chi connectivity index (χ4n) is 3.15. The molecule has 3 aromatic rings. The van der Waals surface area contributed by atoms with E-state index in [1.165, 1.54) is 12.1 Å². The highest BCUT2D eigenvalue weighted by atomic mass is 19.1. The molecule has 0 atom stereocenters. The summed E-state index contributed by atoms with van der Waals surface area (Å²) >= 11 is 0. The zero-order valence-corrected chi connectivity index (χ0v) is 16.6. The second kappa shape index (κ2) is 10.4. The van der Waals surface area contributed by atoms with Crippen LogP contribution < -0.4 is 5.32 Å². The summed E-state index contributed by atoms with van der Waals surface area (Å²) in [4.78, 5) is 14.6. The van der Waals surface area contributed by atoms with Gasteiger partial charge in [0.15, 0.2) is 0 Å². The summed E-state index contributed by atoms with van der Waals surface area (Å²) < 4.78 is 20.7. The standard InChI is InChI=1S/C23H26FN3O2/c1-29-15-7-14-27(23(28)25-21-10-3-2-4-11-21)18-22-12-6-13-26(22)17-19-8-5-9-20(24)16-19/h2-6,8-13,16H,7,14-15,17-18H2,1H3,(H,25,28). The van der Waals surface area contributed by atoms with Crippen molar-refractivity contribution in [2.24, 2.45) is 0 Å². The molecule has 0 unspecified atom stereocenters. The molecule has 1 N–H and O–H groups in total. The fraction of sp³-hybridized carbons (Fsp3) is 0.261. The van der Waals surface area contributed by atoms with Gasteiger partial charge in [-0.25, -0.2) is 9.18 Å². The van der Waals surface area contributed by atoms with Crippen LogP contribution in [-0.2, 0) is 17.8 Å². The summed E-state index contributed by atoms with van der Waals surface area (Å²) in [6.07, 6.45) is 2.69. The lowest BCUT2D eigenvalue weighted by Crippen LogP contribution is -2.36. The van der Waals surface area contributed by atoms with Gasteiger partial charge in [0.05, 0.1) is 6.54 Å². The zero-order valence-electron chi connectivity index (χ0n) is 16.6. The number of halogens is 1. The van der Waals surface area contributed by atoms with Gasteiger partial charge in [0.1, 0.15) is 5.82 Å².